The fourth-order valence-electron chi connectivity index (χ4n) is 1.55. The van der Waals surface area contributed by atoms with Crippen LogP contribution in [0.4, 0.5) is 0 Å². The molecule has 0 aliphatic rings. The van der Waals surface area contributed by atoms with Crippen LogP contribution in [0, 0.1) is 0 Å². The number of aromatic nitrogens is 2. The molecule has 122 valence electrons. The summed E-state index contributed by atoms with van der Waals surface area (Å²) in [6, 6.07) is -1.94. The maximum absolute atomic E-state index is 12.2. The smallest absolute Gasteiger partial charge is 0.321 e. The molecule has 7 N–H and O–H groups in total. The van der Waals surface area contributed by atoms with E-state index in [9.17, 15) is 14.4 Å². The van der Waals surface area contributed by atoms with Crippen LogP contribution in [0.2, 0.25) is 0 Å². The van der Waals surface area contributed by atoms with Crippen molar-refractivity contribution in [1.29, 1.82) is 0 Å². The summed E-state index contributed by atoms with van der Waals surface area (Å²) in [5.41, 5.74) is 11.3. The SMILES string of the molecule is NCCC(=O)NC(Cc1cnc[nH]1)C(=O)SCC(N)C(=O)O. The van der Waals surface area contributed by atoms with Crippen LogP contribution in [-0.2, 0) is 20.8 Å². The van der Waals surface area contributed by atoms with Gasteiger partial charge in [-0.25, -0.2) is 4.98 Å². The predicted octanol–water partition coefficient (Wildman–Crippen LogP) is -1.54. The number of H-pyrrole nitrogens is 1. The molecular weight excluding hydrogens is 310 g/mol. The number of carboxylic acids is 1. The summed E-state index contributed by atoms with van der Waals surface area (Å²) in [7, 11) is 0. The molecule has 1 aromatic rings. The Bertz CT molecular complexity index is 508. The molecule has 0 fully saturated rings. The van der Waals surface area contributed by atoms with Gasteiger partial charge in [0.25, 0.3) is 0 Å². The van der Waals surface area contributed by atoms with Gasteiger partial charge in [-0.3, -0.25) is 14.4 Å². The summed E-state index contributed by atoms with van der Waals surface area (Å²) in [6.07, 6.45) is 3.34. The van der Waals surface area contributed by atoms with Crippen LogP contribution in [0.1, 0.15) is 12.1 Å². The molecular formula is C12H19N5O4S. The second kappa shape index (κ2) is 9.18. The Morgan fingerprint density at radius 2 is 2.18 bits per heavy atom. The zero-order chi connectivity index (χ0) is 16.5. The third-order valence-corrected chi connectivity index (χ3v) is 3.79. The largest absolute Gasteiger partial charge is 0.480 e. The van der Waals surface area contributed by atoms with Crippen molar-refractivity contribution in [2.24, 2.45) is 11.5 Å². The van der Waals surface area contributed by atoms with E-state index < -0.39 is 18.1 Å². The van der Waals surface area contributed by atoms with Gasteiger partial charge in [0, 0.05) is 37.0 Å². The van der Waals surface area contributed by atoms with Crippen molar-refractivity contribution in [3.05, 3.63) is 18.2 Å². The maximum atomic E-state index is 12.2. The topological polar surface area (TPSA) is 164 Å². The van der Waals surface area contributed by atoms with Crippen LogP contribution in [0.5, 0.6) is 0 Å². The number of hydrogen-bond donors (Lipinski definition) is 5. The van der Waals surface area contributed by atoms with Gasteiger partial charge in [0.05, 0.1) is 6.33 Å². The Hall–Kier alpha value is -1.91. The lowest BCUT2D eigenvalue weighted by atomic mass is 10.2. The van der Waals surface area contributed by atoms with Gasteiger partial charge in [-0.2, -0.15) is 0 Å². The number of aromatic amines is 1. The van der Waals surface area contributed by atoms with Crippen LogP contribution >= 0.6 is 11.8 Å². The van der Waals surface area contributed by atoms with E-state index in [1.165, 1.54) is 6.33 Å². The first-order chi connectivity index (χ1) is 10.4. The minimum Gasteiger partial charge on any atom is -0.480 e. The molecule has 9 nitrogen and oxygen atoms in total. The lowest BCUT2D eigenvalue weighted by Crippen LogP contribution is -2.43. The fourth-order valence-corrected chi connectivity index (χ4v) is 2.38. The quantitative estimate of drug-likeness (QED) is 0.363. The van der Waals surface area contributed by atoms with Gasteiger partial charge < -0.3 is 26.9 Å². The van der Waals surface area contributed by atoms with Crippen LogP contribution in [-0.4, -0.2) is 56.4 Å². The summed E-state index contributed by atoms with van der Waals surface area (Å²) in [5, 5.41) is 10.9. The van der Waals surface area contributed by atoms with Crippen LogP contribution in [0.15, 0.2) is 12.5 Å². The van der Waals surface area contributed by atoms with E-state index in [0.717, 1.165) is 11.8 Å². The molecule has 10 heteroatoms. The van der Waals surface area contributed by atoms with E-state index in [-0.39, 0.29) is 36.2 Å². The number of rotatable bonds is 9. The number of nitrogens with two attached hydrogens (primary N) is 2. The number of aliphatic carboxylic acids is 1. The molecule has 0 aliphatic heterocycles. The summed E-state index contributed by atoms with van der Waals surface area (Å²) in [5.74, 6) is -1.60. The van der Waals surface area contributed by atoms with Gasteiger partial charge in [-0.1, -0.05) is 11.8 Å². The minimum absolute atomic E-state index is 0.0690. The summed E-state index contributed by atoms with van der Waals surface area (Å²) in [6.45, 7) is 0.174. The van der Waals surface area contributed by atoms with Crippen molar-refractivity contribution >= 4 is 28.8 Å². The average molecular weight is 329 g/mol. The van der Waals surface area contributed by atoms with Crippen molar-refractivity contribution < 1.29 is 19.5 Å². The number of carbonyl (C=O) groups excluding carboxylic acids is 2. The van der Waals surface area contributed by atoms with Gasteiger partial charge in [-0.05, 0) is 0 Å². The lowest BCUT2D eigenvalue weighted by molar-refractivity contribution is -0.137. The van der Waals surface area contributed by atoms with E-state index in [0.29, 0.717) is 5.69 Å². The zero-order valence-electron chi connectivity index (χ0n) is 11.8. The van der Waals surface area contributed by atoms with Crippen molar-refractivity contribution in [3.8, 4) is 0 Å². The Balaban J connectivity index is 2.64. The number of carboxylic acid groups (broad SMARTS) is 1. The molecule has 22 heavy (non-hydrogen) atoms. The minimum atomic E-state index is -1.18. The van der Waals surface area contributed by atoms with Gasteiger partial charge in [-0.15, -0.1) is 0 Å². The maximum Gasteiger partial charge on any atom is 0.321 e. The van der Waals surface area contributed by atoms with Crippen molar-refractivity contribution in [2.45, 2.75) is 24.9 Å². The highest BCUT2D eigenvalue weighted by atomic mass is 32.2. The summed E-state index contributed by atoms with van der Waals surface area (Å²) in [4.78, 5) is 41.1. The van der Waals surface area contributed by atoms with Gasteiger partial charge in [0.1, 0.15) is 12.1 Å². The van der Waals surface area contributed by atoms with E-state index in [1.54, 1.807) is 6.20 Å². The fraction of sp³-hybridized carbons (Fsp3) is 0.500. The molecule has 0 aromatic carbocycles. The summed E-state index contributed by atoms with van der Waals surface area (Å²) >= 11 is 0.778. The third-order valence-electron chi connectivity index (χ3n) is 2.69. The first-order valence-corrected chi connectivity index (χ1v) is 7.54. The molecule has 1 rings (SSSR count). The number of imidazole rings is 1. The Morgan fingerprint density at radius 3 is 2.73 bits per heavy atom. The van der Waals surface area contributed by atoms with Gasteiger partial charge >= 0.3 is 5.97 Å². The van der Waals surface area contributed by atoms with Gasteiger partial charge in [0.2, 0.25) is 11.0 Å². The highest BCUT2D eigenvalue weighted by molar-refractivity contribution is 8.13. The Kier molecular flexibility index (Phi) is 7.57. The molecule has 0 saturated carbocycles. The van der Waals surface area contributed by atoms with Gasteiger partial charge in [0.15, 0.2) is 0 Å². The number of nitrogens with zero attached hydrogens (tertiary/aromatic N) is 1. The first-order valence-electron chi connectivity index (χ1n) is 6.55. The van der Waals surface area contributed by atoms with Crippen LogP contribution < -0.4 is 16.8 Å². The third kappa shape index (κ3) is 6.24. The molecule has 1 aromatic heterocycles. The molecule has 2 atom stereocenters. The molecule has 0 aliphatic carbocycles. The van der Waals surface area contributed by atoms with Crippen LogP contribution in [0.3, 0.4) is 0 Å². The molecule has 2 unspecified atom stereocenters. The highest BCUT2D eigenvalue weighted by Crippen LogP contribution is 2.11. The second-order valence-electron chi connectivity index (χ2n) is 4.51. The molecule has 0 saturated heterocycles. The normalized spacial score (nSPS) is 13.4. The lowest BCUT2D eigenvalue weighted by Gasteiger charge is -2.17. The monoisotopic (exact) mass is 329 g/mol. The number of thioether (sulfide) groups is 1. The average Bonchev–Trinajstić information content (AvgIpc) is 2.96. The summed E-state index contributed by atoms with van der Waals surface area (Å²) < 4.78 is 0. The van der Waals surface area contributed by atoms with Crippen molar-refractivity contribution in [2.75, 3.05) is 12.3 Å². The number of nitrogens with one attached hydrogen (secondary N) is 2. The van der Waals surface area contributed by atoms with E-state index in [2.05, 4.69) is 15.3 Å². The molecule has 0 bridgehead atoms. The van der Waals surface area contributed by atoms with Crippen molar-refractivity contribution in [3.63, 3.8) is 0 Å². The number of amides is 1. The van der Waals surface area contributed by atoms with E-state index in [1.807, 2.05) is 0 Å². The first kappa shape index (κ1) is 18.1. The van der Waals surface area contributed by atoms with Crippen LogP contribution in [0.25, 0.3) is 0 Å². The Morgan fingerprint density at radius 1 is 1.45 bits per heavy atom. The van der Waals surface area contributed by atoms with E-state index in [4.69, 9.17) is 16.6 Å². The number of carbonyl (C=O) groups is 3. The molecule has 1 amide bonds. The zero-order valence-corrected chi connectivity index (χ0v) is 12.6. The van der Waals surface area contributed by atoms with E-state index >= 15 is 0 Å². The number of hydrogen-bond acceptors (Lipinski definition) is 7. The molecule has 0 radical (unpaired) electrons. The molecule has 0 spiro atoms. The van der Waals surface area contributed by atoms with Crippen molar-refractivity contribution in [1.82, 2.24) is 15.3 Å². The molecule has 1 heterocycles. The highest BCUT2D eigenvalue weighted by Gasteiger charge is 2.24. The Labute approximate surface area is 131 Å². The standard InChI is InChI=1S/C12H19N5O4S/c13-2-1-10(18)17-9(3-7-4-15-6-16-7)12(21)22-5-8(14)11(19)20/h4,6,8-9H,1-3,5,13-14H2,(H,15,16)(H,17,18)(H,19,20). The predicted molar refractivity (Wildman–Crippen MR) is 81.0 cm³/mol. The second-order valence-corrected chi connectivity index (χ2v) is 5.54.